The van der Waals surface area contributed by atoms with Crippen molar-refractivity contribution in [3.63, 3.8) is 0 Å². The molecule has 2 rings (SSSR count). The van der Waals surface area contributed by atoms with Crippen molar-refractivity contribution in [2.75, 3.05) is 11.9 Å². The van der Waals surface area contributed by atoms with Crippen LogP contribution in [-0.2, 0) is 11.3 Å². The van der Waals surface area contributed by atoms with Gasteiger partial charge in [-0.1, -0.05) is 6.07 Å². The molecule has 2 aromatic rings. The van der Waals surface area contributed by atoms with Crippen LogP contribution in [0.4, 0.5) is 10.1 Å². The lowest BCUT2D eigenvalue weighted by Gasteiger charge is -2.07. The summed E-state index contributed by atoms with van der Waals surface area (Å²) in [4.78, 5) is 15.6. The first-order chi connectivity index (χ1) is 9.74. The smallest absolute Gasteiger partial charge is 0.222 e. The molecular formula is C15H16FN3O. The Hall–Kier alpha value is -2.43. The summed E-state index contributed by atoms with van der Waals surface area (Å²) >= 11 is 0. The van der Waals surface area contributed by atoms with Crippen molar-refractivity contribution in [1.82, 2.24) is 10.3 Å². The van der Waals surface area contributed by atoms with E-state index >= 15 is 0 Å². The molecule has 0 bridgehead atoms. The number of nitrogens with zero attached hydrogens (tertiary/aromatic N) is 1. The monoisotopic (exact) mass is 273 g/mol. The molecule has 1 aromatic heterocycles. The molecule has 0 saturated heterocycles. The molecule has 0 radical (unpaired) electrons. The number of pyridine rings is 1. The highest BCUT2D eigenvalue weighted by atomic mass is 19.1. The van der Waals surface area contributed by atoms with Crippen molar-refractivity contribution in [2.24, 2.45) is 0 Å². The van der Waals surface area contributed by atoms with Gasteiger partial charge in [-0.15, -0.1) is 0 Å². The molecule has 0 saturated carbocycles. The van der Waals surface area contributed by atoms with Gasteiger partial charge in [-0.25, -0.2) is 4.39 Å². The largest absolute Gasteiger partial charge is 0.385 e. The fraction of sp³-hybridized carbons (Fsp3) is 0.200. The summed E-state index contributed by atoms with van der Waals surface area (Å²) in [5.41, 5.74) is 1.76. The average Bonchev–Trinajstić information content (AvgIpc) is 2.48. The van der Waals surface area contributed by atoms with Crippen LogP contribution in [0.3, 0.4) is 0 Å². The summed E-state index contributed by atoms with van der Waals surface area (Å²) in [5.74, 6) is -0.312. The Morgan fingerprint density at radius 1 is 1.20 bits per heavy atom. The van der Waals surface area contributed by atoms with E-state index in [4.69, 9.17) is 0 Å². The van der Waals surface area contributed by atoms with Crippen molar-refractivity contribution >= 4 is 11.6 Å². The van der Waals surface area contributed by atoms with Gasteiger partial charge in [0.25, 0.3) is 0 Å². The second kappa shape index (κ2) is 7.23. The van der Waals surface area contributed by atoms with Crippen LogP contribution < -0.4 is 10.6 Å². The molecule has 104 valence electrons. The van der Waals surface area contributed by atoms with Gasteiger partial charge in [-0.05, 0) is 35.9 Å². The maximum atomic E-state index is 12.7. The molecule has 0 aliphatic carbocycles. The first-order valence-corrected chi connectivity index (χ1v) is 6.39. The number of rotatable bonds is 6. The fourth-order valence-electron chi connectivity index (χ4n) is 1.68. The third kappa shape index (κ3) is 4.68. The first kappa shape index (κ1) is 14.0. The van der Waals surface area contributed by atoms with Gasteiger partial charge in [0, 0.05) is 37.6 Å². The van der Waals surface area contributed by atoms with Crippen molar-refractivity contribution in [3.8, 4) is 0 Å². The van der Waals surface area contributed by atoms with Gasteiger partial charge in [0.15, 0.2) is 0 Å². The third-order valence-electron chi connectivity index (χ3n) is 2.74. The van der Waals surface area contributed by atoms with E-state index in [1.54, 1.807) is 24.5 Å². The summed E-state index contributed by atoms with van der Waals surface area (Å²) in [6.45, 7) is 0.980. The van der Waals surface area contributed by atoms with E-state index in [9.17, 15) is 9.18 Å². The average molecular weight is 273 g/mol. The number of hydrogen-bond donors (Lipinski definition) is 2. The summed E-state index contributed by atoms with van der Waals surface area (Å²) in [5, 5.41) is 5.88. The van der Waals surface area contributed by atoms with Crippen LogP contribution in [0.5, 0.6) is 0 Å². The lowest BCUT2D eigenvalue weighted by molar-refractivity contribution is -0.121. The molecule has 0 spiro atoms. The highest BCUT2D eigenvalue weighted by Crippen LogP contribution is 2.07. The molecule has 0 unspecified atom stereocenters. The molecule has 0 atom stereocenters. The summed E-state index contributed by atoms with van der Waals surface area (Å²) in [6, 6.07) is 9.78. The van der Waals surface area contributed by atoms with Gasteiger partial charge in [-0.3, -0.25) is 9.78 Å². The van der Waals surface area contributed by atoms with E-state index in [-0.39, 0.29) is 11.7 Å². The second-order valence-electron chi connectivity index (χ2n) is 4.32. The van der Waals surface area contributed by atoms with Gasteiger partial charge in [-0.2, -0.15) is 0 Å². The van der Waals surface area contributed by atoms with E-state index in [0.717, 1.165) is 11.3 Å². The van der Waals surface area contributed by atoms with Crippen LogP contribution in [-0.4, -0.2) is 17.4 Å². The molecule has 0 aliphatic heterocycles. The molecular weight excluding hydrogens is 257 g/mol. The Morgan fingerprint density at radius 2 is 2.00 bits per heavy atom. The van der Waals surface area contributed by atoms with E-state index in [2.05, 4.69) is 15.6 Å². The number of amides is 1. The van der Waals surface area contributed by atoms with Crippen LogP contribution in [0.25, 0.3) is 0 Å². The number of benzene rings is 1. The lowest BCUT2D eigenvalue weighted by Crippen LogP contribution is -2.24. The maximum absolute atomic E-state index is 12.7. The van der Waals surface area contributed by atoms with Gasteiger partial charge < -0.3 is 10.6 Å². The number of hydrogen-bond acceptors (Lipinski definition) is 3. The predicted octanol–water partition coefficient (Wildman–Crippen LogP) is 2.34. The minimum atomic E-state index is -0.273. The van der Waals surface area contributed by atoms with E-state index in [1.165, 1.54) is 12.1 Å². The summed E-state index contributed by atoms with van der Waals surface area (Å²) in [7, 11) is 0. The molecule has 0 aliphatic rings. The summed E-state index contributed by atoms with van der Waals surface area (Å²) in [6.07, 6.45) is 3.77. The molecule has 1 aromatic carbocycles. The number of carbonyl (C=O) groups excluding carboxylic acids is 1. The molecule has 1 amide bonds. The highest BCUT2D eigenvalue weighted by Gasteiger charge is 2.01. The van der Waals surface area contributed by atoms with Gasteiger partial charge in [0.2, 0.25) is 5.91 Å². The molecule has 5 heteroatoms. The predicted molar refractivity (Wildman–Crippen MR) is 75.6 cm³/mol. The Morgan fingerprint density at radius 3 is 2.70 bits per heavy atom. The minimum Gasteiger partial charge on any atom is -0.385 e. The number of halogens is 1. The van der Waals surface area contributed by atoms with E-state index < -0.39 is 0 Å². The highest BCUT2D eigenvalue weighted by molar-refractivity contribution is 5.76. The van der Waals surface area contributed by atoms with E-state index in [1.807, 2.05) is 12.1 Å². The number of carbonyl (C=O) groups is 1. The molecule has 2 N–H and O–H groups in total. The Balaban J connectivity index is 1.66. The number of anilines is 1. The van der Waals surface area contributed by atoms with Crippen molar-refractivity contribution < 1.29 is 9.18 Å². The van der Waals surface area contributed by atoms with Crippen molar-refractivity contribution in [2.45, 2.75) is 13.0 Å². The topological polar surface area (TPSA) is 54.0 Å². The molecule has 1 heterocycles. The number of aromatic nitrogens is 1. The third-order valence-corrected chi connectivity index (χ3v) is 2.74. The molecule has 20 heavy (non-hydrogen) atoms. The lowest BCUT2D eigenvalue weighted by atomic mass is 10.2. The minimum absolute atomic E-state index is 0.0385. The van der Waals surface area contributed by atoms with E-state index in [0.29, 0.717) is 19.5 Å². The zero-order chi connectivity index (χ0) is 14.2. The Kier molecular flexibility index (Phi) is 5.06. The molecule has 4 nitrogen and oxygen atoms in total. The van der Waals surface area contributed by atoms with Crippen molar-refractivity contribution in [1.29, 1.82) is 0 Å². The quantitative estimate of drug-likeness (QED) is 0.849. The van der Waals surface area contributed by atoms with Gasteiger partial charge in [0.05, 0.1) is 0 Å². The second-order valence-corrected chi connectivity index (χ2v) is 4.32. The standard InChI is InChI=1S/C15H16FN3O/c16-13-3-5-14(6-4-13)18-9-7-15(20)19-11-12-2-1-8-17-10-12/h1-6,8,10,18H,7,9,11H2,(H,19,20). The van der Waals surface area contributed by atoms with Gasteiger partial charge >= 0.3 is 0 Å². The normalized spacial score (nSPS) is 10.1. The zero-order valence-corrected chi connectivity index (χ0v) is 11.0. The van der Waals surface area contributed by atoms with Crippen LogP contribution in [0.1, 0.15) is 12.0 Å². The Bertz CT molecular complexity index is 543. The van der Waals surface area contributed by atoms with Crippen LogP contribution >= 0.6 is 0 Å². The van der Waals surface area contributed by atoms with Crippen LogP contribution in [0.15, 0.2) is 48.8 Å². The maximum Gasteiger partial charge on any atom is 0.222 e. The SMILES string of the molecule is O=C(CCNc1ccc(F)cc1)NCc1cccnc1. The fourth-order valence-corrected chi connectivity index (χ4v) is 1.68. The zero-order valence-electron chi connectivity index (χ0n) is 11.0. The molecule has 0 fully saturated rings. The first-order valence-electron chi connectivity index (χ1n) is 6.39. The van der Waals surface area contributed by atoms with Crippen LogP contribution in [0.2, 0.25) is 0 Å². The Labute approximate surface area is 117 Å². The summed E-state index contributed by atoms with van der Waals surface area (Å²) < 4.78 is 12.7. The van der Waals surface area contributed by atoms with Gasteiger partial charge in [0.1, 0.15) is 5.82 Å². The van der Waals surface area contributed by atoms with Crippen LogP contribution in [0, 0.1) is 5.82 Å². The van der Waals surface area contributed by atoms with Crippen molar-refractivity contribution in [3.05, 3.63) is 60.2 Å². The number of nitrogens with one attached hydrogen (secondary N) is 2.